The van der Waals surface area contributed by atoms with Crippen LogP contribution < -0.4 is 4.90 Å². The molecule has 7 heteroatoms. The Balaban J connectivity index is 2.50. The lowest BCUT2D eigenvalue weighted by Gasteiger charge is -2.34. The number of aromatic nitrogens is 2. The summed E-state index contributed by atoms with van der Waals surface area (Å²) in [7, 11) is 0. The molecule has 0 saturated carbocycles. The number of nitro groups is 1. The number of rotatable bonds is 2. The van der Waals surface area contributed by atoms with E-state index in [-0.39, 0.29) is 16.9 Å². The molecular formula is C11H15ClN4O2. The maximum absolute atomic E-state index is 11.1. The Morgan fingerprint density at radius 3 is 2.78 bits per heavy atom. The van der Waals surface area contributed by atoms with Crippen LogP contribution in [0, 0.1) is 17.0 Å². The Hall–Kier alpha value is -1.43. The minimum Gasteiger partial charge on any atom is -0.348 e. The molecule has 18 heavy (non-hydrogen) atoms. The van der Waals surface area contributed by atoms with E-state index in [4.69, 9.17) is 11.6 Å². The highest BCUT2D eigenvalue weighted by molar-refractivity contribution is 6.31. The average Bonchev–Trinajstić information content (AvgIpc) is 2.27. The molecule has 2 heterocycles. The van der Waals surface area contributed by atoms with E-state index < -0.39 is 4.92 Å². The van der Waals surface area contributed by atoms with Crippen LogP contribution >= 0.6 is 11.6 Å². The van der Waals surface area contributed by atoms with Crippen molar-refractivity contribution in [1.82, 2.24) is 9.97 Å². The number of nitrogens with zero attached hydrogens (tertiary/aromatic N) is 4. The monoisotopic (exact) mass is 270 g/mol. The van der Waals surface area contributed by atoms with E-state index in [2.05, 4.69) is 9.97 Å². The van der Waals surface area contributed by atoms with Crippen LogP contribution in [0.25, 0.3) is 0 Å². The van der Waals surface area contributed by atoms with Gasteiger partial charge in [0.25, 0.3) is 0 Å². The van der Waals surface area contributed by atoms with Crippen molar-refractivity contribution in [2.24, 2.45) is 0 Å². The first-order valence-corrected chi connectivity index (χ1v) is 6.33. The van der Waals surface area contributed by atoms with Crippen molar-refractivity contribution in [3.05, 3.63) is 21.1 Å². The second-order valence-electron chi connectivity index (χ2n) is 4.53. The maximum Gasteiger partial charge on any atom is 0.348 e. The van der Waals surface area contributed by atoms with Gasteiger partial charge in [-0.05, 0) is 33.1 Å². The molecule has 0 bridgehead atoms. The first kappa shape index (κ1) is 13.0. The van der Waals surface area contributed by atoms with E-state index in [1.54, 1.807) is 6.92 Å². The zero-order chi connectivity index (χ0) is 13.3. The summed E-state index contributed by atoms with van der Waals surface area (Å²) in [5, 5.41) is 11.0. The fourth-order valence-corrected chi connectivity index (χ4v) is 2.56. The number of hydrogen-bond donors (Lipinski definition) is 0. The number of halogens is 1. The smallest absolute Gasteiger partial charge is 0.348 e. The quantitative estimate of drug-likeness (QED) is 0.469. The number of hydrogen-bond acceptors (Lipinski definition) is 5. The van der Waals surface area contributed by atoms with Gasteiger partial charge in [-0.3, -0.25) is 10.1 Å². The molecular weight excluding hydrogens is 256 g/mol. The molecule has 0 spiro atoms. The van der Waals surface area contributed by atoms with Crippen LogP contribution in [-0.4, -0.2) is 27.5 Å². The molecule has 1 aliphatic rings. The van der Waals surface area contributed by atoms with Crippen molar-refractivity contribution in [2.75, 3.05) is 11.4 Å². The summed E-state index contributed by atoms with van der Waals surface area (Å²) in [5.74, 6) is 0.808. The van der Waals surface area contributed by atoms with Gasteiger partial charge in [0, 0.05) is 12.6 Å². The zero-order valence-corrected chi connectivity index (χ0v) is 11.1. The Labute approximate surface area is 110 Å². The van der Waals surface area contributed by atoms with Gasteiger partial charge in [-0.2, -0.15) is 0 Å². The summed E-state index contributed by atoms with van der Waals surface area (Å²) < 4.78 is 0. The molecule has 6 nitrogen and oxygen atoms in total. The standard InChI is InChI=1S/C11H15ClN4O2/c1-7-5-3-4-6-15(7)11-9(16(17)18)10(12)13-8(2)14-11/h7H,3-6H2,1-2H3/t7-/m1/s1. The van der Waals surface area contributed by atoms with Crippen LogP contribution in [0.15, 0.2) is 0 Å². The lowest BCUT2D eigenvalue weighted by molar-refractivity contribution is -0.384. The topological polar surface area (TPSA) is 72.2 Å². The van der Waals surface area contributed by atoms with E-state index in [1.165, 1.54) is 0 Å². The minimum absolute atomic E-state index is 0.0831. The third-order valence-corrected chi connectivity index (χ3v) is 3.46. The van der Waals surface area contributed by atoms with Crippen molar-refractivity contribution < 1.29 is 4.92 Å². The highest BCUT2D eigenvalue weighted by Crippen LogP contribution is 2.35. The van der Waals surface area contributed by atoms with Gasteiger partial charge in [0.05, 0.1) is 4.92 Å². The number of piperidine rings is 1. The van der Waals surface area contributed by atoms with Crippen LogP contribution in [0.1, 0.15) is 32.0 Å². The van der Waals surface area contributed by atoms with Gasteiger partial charge in [0.15, 0.2) is 0 Å². The number of anilines is 1. The predicted octanol–water partition coefficient (Wildman–Crippen LogP) is 2.73. The second-order valence-corrected chi connectivity index (χ2v) is 4.89. The fourth-order valence-electron chi connectivity index (χ4n) is 2.29. The molecule has 1 saturated heterocycles. The molecule has 0 N–H and O–H groups in total. The summed E-state index contributed by atoms with van der Waals surface area (Å²) in [6.07, 6.45) is 3.17. The lowest BCUT2D eigenvalue weighted by Crippen LogP contribution is -2.38. The van der Waals surface area contributed by atoms with Crippen molar-refractivity contribution in [3.8, 4) is 0 Å². The molecule has 1 aromatic heterocycles. The molecule has 0 aromatic carbocycles. The normalized spacial score (nSPS) is 19.9. The SMILES string of the molecule is Cc1nc(Cl)c([N+](=O)[O-])c(N2CCCC[C@H]2C)n1. The van der Waals surface area contributed by atoms with Crippen molar-refractivity contribution in [3.63, 3.8) is 0 Å². The van der Waals surface area contributed by atoms with Gasteiger partial charge in [0.2, 0.25) is 11.0 Å². The maximum atomic E-state index is 11.1. The molecule has 1 aromatic rings. The molecule has 98 valence electrons. The predicted molar refractivity (Wildman–Crippen MR) is 69.1 cm³/mol. The molecule has 0 unspecified atom stereocenters. The third-order valence-electron chi connectivity index (χ3n) is 3.19. The fraction of sp³-hybridized carbons (Fsp3) is 0.636. The zero-order valence-electron chi connectivity index (χ0n) is 10.4. The minimum atomic E-state index is -0.502. The van der Waals surface area contributed by atoms with Crippen LogP contribution in [0.5, 0.6) is 0 Å². The Kier molecular flexibility index (Phi) is 3.65. The second kappa shape index (κ2) is 5.06. The van der Waals surface area contributed by atoms with Crippen LogP contribution in [0.3, 0.4) is 0 Å². The van der Waals surface area contributed by atoms with E-state index in [0.717, 1.165) is 25.8 Å². The van der Waals surface area contributed by atoms with Crippen molar-refractivity contribution in [1.29, 1.82) is 0 Å². The van der Waals surface area contributed by atoms with Crippen LogP contribution in [0.2, 0.25) is 5.15 Å². The van der Waals surface area contributed by atoms with Gasteiger partial charge in [-0.1, -0.05) is 11.6 Å². The molecule has 1 aliphatic heterocycles. The van der Waals surface area contributed by atoms with Crippen molar-refractivity contribution >= 4 is 23.1 Å². The molecule has 0 aliphatic carbocycles. The first-order valence-electron chi connectivity index (χ1n) is 5.96. The van der Waals surface area contributed by atoms with E-state index in [9.17, 15) is 10.1 Å². The van der Waals surface area contributed by atoms with Gasteiger partial charge < -0.3 is 4.90 Å². The largest absolute Gasteiger partial charge is 0.348 e. The van der Waals surface area contributed by atoms with E-state index in [1.807, 2.05) is 11.8 Å². The summed E-state index contributed by atoms with van der Waals surface area (Å²) in [6, 6.07) is 0.239. The van der Waals surface area contributed by atoms with Crippen LogP contribution in [0.4, 0.5) is 11.5 Å². The molecule has 1 atom stereocenters. The first-order chi connectivity index (χ1) is 8.50. The molecule has 0 amide bonds. The Morgan fingerprint density at radius 1 is 1.44 bits per heavy atom. The molecule has 0 radical (unpaired) electrons. The summed E-state index contributed by atoms with van der Waals surface area (Å²) >= 11 is 5.88. The van der Waals surface area contributed by atoms with Gasteiger partial charge in [0.1, 0.15) is 5.82 Å². The van der Waals surface area contributed by atoms with E-state index in [0.29, 0.717) is 11.6 Å². The Bertz CT molecular complexity index is 480. The lowest BCUT2D eigenvalue weighted by atomic mass is 10.0. The number of aryl methyl sites for hydroxylation is 1. The van der Waals surface area contributed by atoms with Gasteiger partial charge in [-0.15, -0.1) is 0 Å². The highest BCUT2D eigenvalue weighted by Gasteiger charge is 2.30. The van der Waals surface area contributed by atoms with Gasteiger partial charge >= 0.3 is 5.69 Å². The van der Waals surface area contributed by atoms with Gasteiger partial charge in [-0.25, -0.2) is 9.97 Å². The summed E-state index contributed by atoms with van der Waals surface area (Å²) in [4.78, 5) is 20.7. The van der Waals surface area contributed by atoms with E-state index >= 15 is 0 Å². The van der Waals surface area contributed by atoms with Crippen LogP contribution in [-0.2, 0) is 0 Å². The molecule has 1 fully saturated rings. The highest BCUT2D eigenvalue weighted by atomic mass is 35.5. The van der Waals surface area contributed by atoms with Crippen molar-refractivity contribution in [2.45, 2.75) is 39.2 Å². The third kappa shape index (κ3) is 2.38. The molecule has 2 rings (SSSR count). The summed E-state index contributed by atoms with van der Waals surface area (Å²) in [5.41, 5.74) is -0.184. The average molecular weight is 271 g/mol. The Morgan fingerprint density at radius 2 is 2.17 bits per heavy atom. The summed E-state index contributed by atoms with van der Waals surface area (Å²) in [6.45, 7) is 4.51.